The number of rotatable bonds is 7. The molecule has 3 aromatic carbocycles. The molecule has 0 saturated carbocycles. The largest absolute Gasteiger partial charge is 0.456 e. The zero-order valence-corrected chi connectivity index (χ0v) is 16.4. The third-order valence-corrected chi connectivity index (χ3v) is 5.91. The number of benzene rings is 3. The number of fused-ring (bicyclic) bond motifs is 1. The van der Waals surface area contributed by atoms with Crippen molar-refractivity contribution in [2.24, 2.45) is 0 Å². The summed E-state index contributed by atoms with van der Waals surface area (Å²) in [7, 11) is 0. The molecule has 0 bridgehead atoms. The lowest BCUT2D eigenvalue weighted by Crippen LogP contribution is -2.41. The van der Waals surface area contributed by atoms with Crippen molar-refractivity contribution in [3.63, 3.8) is 0 Å². The molecule has 0 fully saturated rings. The first-order valence-corrected chi connectivity index (χ1v) is 10.2. The topological polar surface area (TPSA) is 30.2 Å². The maximum Gasteiger partial charge on any atom is 0.373 e. The quantitative estimate of drug-likeness (QED) is 0.339. The number of nitrogens with zero attached hydrogens (tertiary/aromatic N) is 1. The van der Waals surface area contributed by atoms with Crippen LogP contribution in [-0.4, -0.2) is 5.97 Å². The number of hydrogen-bond donors (Lipinski definition) is 0. The normalized spacial score (nSPS) is 10.9. The molecule has 28 heavy (non-hydrogen) atoms. The van der Waals surface area contributed by atoms with Gasteiger partial charge in [0.05, 0.1) is 0 Å². The van der Waals surface area contributed by atoms with E-state index in [2.05, 4.69) is 41.0 Å². The Hall–Kier alpha value is -2.98. The lowest BCUT2D eigenvalue weighted by molar-refractivity contribution is -0.663. The zero-order chi connectivity index (χ0) is 19.2. The van der Waals surface area contributed by atoms with Gasteiger partial charge in [-0.3, -0.25) is 0 Å². The molecule has 0 N–H and O–H groups in total. The van der Waals surface area contributed by atoms with E-state index in [4.69, 9.17) is 4.74 Å². The minimum atomic E-state index is -0.210. The van der Waals surface area contributed by atoms with Gasteiger partial charge in [-0.2, -0.15) is 4.57 Å². The molecule has 3 nitrogen and oxygen atoms in total. The number of hydrogen-bond acceptors (Lipinski definition) is 3. The fourth-order valence-corrected chi connectivity index (χ4v) is 4.41. The van der Waals surface area contributed by atoms with Crippen molar-refractivity contribution in [1.82, 2.24) is 0 Å². The van der Waals surface area contributed by atoms with Gasteiger partial charge in [0.25, 0.3) is 0 Å². The van der Waals surface area contributed by atoms with Gasteiger partial charge in [-0.05, 0) is 23.6 Å². The van der Waals surface area contributed by atoms with E-state index in [-0.39, 0.29) is 12.5 Å². The van der Waals surface area contributed by atoms with Crippen LogP contribution in [0.3, 0.4) is 0 Å². The molecule has 4 heteroatoms. The lowest BCUT2D eigenvalue weighted by atomic mass is 10.1. The smallest absolute Gasteiger partial charge is 0.373 e. The second kappa shape index (κ2) is 8.81. The summed E-state index contributed by atoms with van der Waals surface area (Å²) in [5.41, 5.74) is 3.39. The van der Waals surface area contributed by atoms with Crippen LogP contribution in [0.15, 0.2) is 84.9 Å². The van der Waals surface area contributed by atoms with Crippen LogP contribution in [0.5, 0.6) is 0 Å². The maximum atomic E-state index is 12.5. The summed E-state index contributed by atoms with van der Waals surface area (Å²) in [5, 5.41) is 1.20. The van der Waals surface area contributed by atoms with Crippen LogP contribution in [0, 0.1) is 0 Å². The summed E-state index contributed by atoms with van der Waals surface area (Å²) >= 11 is 1.75. The van der Waals surface area contributed by atoms with E-state index in [0.717, 1.165) is 23.9 Å². The Morgan fingerprint density at radius 1 is 0.786 bits per heavy atom. The van der Waals surface area contributed by atoms with Crippen molar-refractivity contribution >= 4 is 27.5 Å². The highest BCUT2D eigenvalue weighted by Crippen LogP contribution is 2.21. The van der Waals surface area contributed by atoms with Crippen molar-refractivity contribution in [2.45, 2.75) is 26.0 Å². The molecular formula is C24H22NO2S+. The van der Waals surface area contributed by atoms with Gasteiger partial charge in [0.2, 0.25) is 17.1 Å². The first kappa shape index (κ1) is 18.4. The van der Waals surface area contributed by atoms with Gasteiger partial charge in [0.15, 0.2) is 0 Å². The Morgan fingerprint density at radius 2 is 1.43 bits per heavy atom. The van der Waals surface area contributed by atoms with Gasteiger partial charge >= 0.3 is 5.97 Å². The Morgan fingerprint density at radius 3 is 2.18 bits per heavy atom. The van der Waals surface area contributed by atoms with Crippen molar-refractivity contribution < 1.29 is 14.1 Å². The van der Waals surface area contributed by atoms with E-state index in [1.54, 1.807) is 11.3 Å². The average molecular weight is 389 g/mol. The molecule has 0 spiro atoms. The number of esters is 1. The molecule has 0 unspecified atom stereocenters. The van der Waals surface area contributed by atoms with Crippen LogP contribution in [0.4, 0.5) is 0 Å². The van der Waals surface area contributed by atoms with Crippen LogP contribution < -0.4 is 4.57 Å². The van der Waals surface area contributed by atoms with Crippen molar-refractivity contribution in [3.8, 4) is 0 Å². The summed E-state index contributed by atoms with van der Waals surface area (Å²) in [6.07, 6.45) is 1.85. The van der Waals surface area contributed by atoms with Gasteiger partial charge in [-0.15, -0.1) is 0 Å². The highest BCUT2D eigenvalue weighted by molar-refractivity contribution is 7.18. The molecule has 0 amide bonds. The minimum absolute atomic E-state index is 0.210. The second-order valence-corrected chi connectivity index (χ2v) is 7.80. The van der Waals surface area contributed by atoms with Gasteiger partial charge in [-0.1, -0.05) is 84.1 Å². The summed E-state index contributed by atoms with van der Waals surface area (Å²) in [6, 6.07) is 28.5. The summed E-state index contributed by atoms with van der Waals surface area (Å²) < 4.78 is 8.82. The molecule has 0 saturated heterocycles. The summed E-state index contributed by atoms with van der Waals surface area (Å²) in [5.74, 6) is -0.210. The van der Waals surface area contributed by atoms with Crippen molar-refractivity contribution in [3.05, 3.63) is 101 Å². The molecule has 0 radical (unpaired) electrons. The molecule has 0 aliphatic carbocycles. The van der Waals surface area contributed by atoms with Crippen LogP contribution >= 0.6 is 11.3 Å². The molecule has 4 rings (SSSR count). The molecule has 1 heterocycles. The Balaban J connectivity index is 1.50. The SMILES string of the molecule is O=C(C[n+]1c(CCc2ccccc2)sc2ccccc21)OCc1ccccc1. The minimum Gasteiger partial charge on any atom is -0.456 e. The van der Waals surface area contributed by atoms with Crippen LogP contribution in [0.1, 0.15) is 16.1 Å². The van der Waals surface area contributed by atoms with Gasteiger partial charge < -0.3 is 4.74 Å². The average Bonchev–Trinajstić information content (AvgIpc) is 3.10. The Kier molecular flexibility index (Phi) is 5.78. The van der Waals surface area contributed by atoms with Crippen LogP contribution in [0.2, 0.25) is 0 Å². The number of carbonyl (C=O) groups excluding carboxylic acids is 1. The number of para-hydroxylation sites is 1. The molecule has 4 aromatic rings. The summed E-state index contributed by atoms with van der Waals surface area (Å²) in [6.45, 7) is 0.544. The highest BCUT2D eigenvalue weighted by Gasteiger charge is 2.23. The van der Waals surface area contributed by atoms with E-state index in [9.17, 15) is 4.79 Å². The number of ether oxygens (including phenoxy) is 1. The first-order chi connectivity index (χ1) is 13.8. The fourth-order valence-electron chi connectivity index (χ4n) is 3.25. The number of aromatic nitrogens is 1. The maximum absolute atomic E-state index is 12.5. The third-order valence-electron chi connectivity index (χ3n) is 4.69. The number of aryl methyl sites for hydroxylation is 2. The fraction of sp³-hybridized carbons (Fsp3) is 0.167. The molecule has 0 aliphatic rings. The molecule has 0 aliphatic heterocycles. The van der Waals surface area contributed by atoms with Crippen LogP contribution in [0.25, 0.3) is 10.2 Å². The number of thiazole rings is 1. The van der Waals surface area contributed by atoms with E-state index in [0.29, 0.717) is 6.61 Å². The predicted octanol–water partition coefficient (Wildman–Crippen LogP) is 4.72. The van der Waals surface area contributed by atoms with Crippen molar-refractivity contribution in [2.75, 3.05) is 0 Å². The standard InChI is InChI=1S/C24H22NO2S/c26-24(27-18-20-11-5-2-6-12-20)17-25-21-13-7-8-14-22(21)28-23(25)16-15-19-9-3-1-4-10-19/h1-14H,15-18H2/q+1. The lowest BCUT2D eigenvalue weighted by Gasteiger charge is -2.04. The first-order valence-electron chi connectivity index (χ1n) is 9.43. The van der Waals surface area contributed by atoms with E-state index in [1.165, 1.54) is 15.3 Å². The predicted molar refractivity (Wildman–Crippen MR) is 112 cm³/mol. The second-order valence-electron chi connectivity index (χ2n) is 6.68. The molecular weight excluding hydrogens is 366 g/mol. The zero-order valence-electron chi connectivity index (χ0n) is 15.6. The molecule has 140 valence electrons. The Labute approximate surface area is 168 Å². The number of carbonyl (C=O) groups is 1. The van der Waals surface area contributed by atoms with Gasteiger partial charge in [0, 0.05) is 12.5 Å². The van der Waals surface area contributed by atoms with Crippen molar-refractivity contribution in [1.29, 1.82) is 0 Å². The summed E-state index contributed by atoms with van der Waals surface area (Å²) in [4.78, 5) is 12.5. The molecule has 0 atom stereocenters. The van der Waals surface area contributed by atoms with E-state index >= 15 is 0 Å². The van der Waals surface area contributed by atoms with E-state index in [1.807, 2.05) is 48.5 Å². The van der Waals surface area contributed by atoms with Crippen LogP contribution in [-0.2, 0) is 35.5 Å². The van der Waals surface area contributed by atoms with Gasteiger partial charge in [0.1, 0.15) is 11.3 Å². The highest BCUT2D eigenvalue weighted by atomic mass is 32.1. The van der Waals surface area contributed by atoms with Gasteiger partial charge in [-0.25, -0.2) is 4.79 Å². The Bertz CT molecular complexity index is 1060. The third kappa shape index (κ3) is 4.46. The van der Waals surface area contributed by atoms with E-state index < -0.39 is 0 Å². The molecule has 1 aromatic heterocycles. The monoisotopic (exact) mass is 388 g/mol.